The number of nitrogens with zero attached hydrogens (tertiary/aromatic N) is 1. The van der Waals surface area contributed by atoms with Crippen LogP contribution in [0, 0.1) is 0 Å². The molecule has 0 unspecified atom stereocenters. The molecule has 1 aliphatic carbocycles. The number of methoxy groups -OCH3 is 1. The minimum absolute atomic E-state index is 0.206. The van der Waals surface area contributed by atoms with Gasteiger partial charge in [-0.15, -0.1) is 0 Å². The van der Waals surface area contributed by atoms with Crippen molar-refractivity contribution in [1.29, 1.82) is 0 Å². The molecule has 1 heterocycles. The van der Waals surface area contributed by atoms with Crippen LogP contribution in [0.15, 0.2) is 29.2 Å². The van der Waals surface area contributed by atoms with Gasteiger partial charge in [-0.1, -0.05) is 25.0 Å². The fourth-order valence-electron chi connectivity index (χ4n) is 3.91. The molecule has 3 rings (SSSR count). The molecule has 0 spiro atoms. The number of ether oxygens (including phenoxy) is 2. The van der Waals surface area contributed by atoms with Crippen LogP contribution in [0.3, 0.4) is 0 Å². The maximum absolute atomic E-state index is 12.6. The zero-order chi connectivity index (χ0) is 20.9. The first-order valence-corrected chi connectivity index (χ1v) is 11.4. The molecule has 1 aliphatic heterocycles. The Kier molecular flexibility index (Phi) is 6.92. The lowest BCUT2D eigenvalue weighted by molar-refractivity contribution is -0.150. The fourth-order valence-corrected chi connectivity index (χ4v) is 5.31. The normalized spacial score (nSPS) is 19.6. The molecule has 1 amide bonds. The minimum Gasteiger partial charge on any atom is -0.467 e. The summed E-state index contributed by atoms with van der Waals surface area (Å²) in [6, 6.07) is 6.61. The van der Waals surface area contributed by atoms with Crippen molar-refractivity contribution in [2.75, 3.05) is 33.4 Å². The molecular weight excluding hydrogens is 396 g/mol. The monoisotopic (exact) mass is 424 g/mol. The van der Waals surface area contributed by atoms with Crippen LogP contribution in [0.25, 0.3) is 0 Å². The Labute approximate surface area is 171 Å². The third-order valence-corrected chi connectivity index (χ3v) is 7.50. The van der Waals surface area contributed by atoms with Gasteiger partial charge in [0.1, 0.15) is 5.54 Å². The van der Waals surface area contributed by atoms with E-state index in [4.69, 9.17) is 9.47 Å². The van der Waals surface area contributed by atoms with E-state index in [1.165, 1.54) is 11.4 Å². The second kappa shape index (κ2) is 9.23. The number of morpholine rings is 1. The van der Waals surface area contributed by atoms with Gasteiger partial charge in [0.05, 0.1) is 25.2 Å². The molecule has 0 bridgehead atoms. The van der Waals surface area contributed by atoms with E-state index in [9.17, 15) is 18.0 Å². The van der Waals surface area contributed by atoms with Crippen molar-refractivity contribution in [3.63, 3.8) is 0 Å². The molecule has 1 aromatic carbocycles. The topological polar surface area (TPSA) is 102 Å². The van der Waals surface area contributed by atoms with Crippen molar-refractivity contribution in [2.45, 2.75) is 49.0 Å². The number of rotatable bonds is 7. The average Bonchev–Trinajstić information content (AvgIpc) is 3.22. The van der Waals surface area contributed by atoms with Crippen LogP contribution < -0.4 is 5.32 Å². The third kappa shape index (κ3) is 4.96. The first kappa shape index (κ1) is 21.7. The van der Waals surface area contributed by atoms with Gasteiger partial charge in [0, 0.05) is 19.5 Å². The number of carbonyl (C=O) groups is 2. The Hall–Kier alpha value is -1.97. The minimum atomic E-state index is -3.52. The summed E-state index contributed by atoms with van der Waals surface area (Å²) >= 11 is 0. The van der Waals surface area contributed by atoms with Crippen LogP contribution in [0.2, 0.25) is 0 Å². The van der Waals surface area contributed by atoms with Crippen molar-refractivity contribution >= 4 is 21.9 Å². The summed E-state index contributed by atoms with van der Waals surface area (Å²) in [6.07, 6.45) is 3.64. The number of carbonyl (C=O) groups excluding carboxylic acids is 2. The first-order valence-electron chi connectivity index (χ1n) is 9.94. The van der Waals surface area contributed by atoms with Crippen LogP contribution in [-0.4, -0.2) is 63.6 Å². The Morgan fingerprint density at radius 3 is 2.34 bits per heavy atom. The predicted octanol–water partition coefficient (Wildman–Crippen LogP) is 1.24. The smallest absolute Gasteiger partial charge is 0.331 e. The van der Waals surface area contributed by atoms with Crippen molar-refractivity contribution in [1.82, 2.24) is 9.62 Å². The van der Waals surface area contributed by atoms with Gasteiger partial charge in [-0.2, -0.15) is 4.31 Å². The summed E-state index contributed by atoms with van der Waals surface area (Å²) in [4.78, 5) is 24.7. The lowest BCUT2D eigenvalue weighted by atomic mass is 9.97. The van der Waals surface area contributed by atoms with Crippen molar-refractivity contribution < 1.29 is 27.5 Å². The van der Waals surface area contributed by atoms with Crippen LogP contribution in [0.4, 0.5) is 0 Å². The molecule has 9 heteroatoms. The number of aryl methyl sites for hydroxylation is 1. The molecule has 2 aliphatic rings. The standard InChI is InChI=1S/C20H28N2O6S/c1-27-19(24)20(10-2-3-11-20)21-18(23)9-6-16-4-7-17(8-5-16)29(25,26)22-12-14-28-15-13-22/h4-5,7-8H,2-3,6,9-15H2,1H3,(H,21,23). The molecule has 1 saturated heterocycles. The van der Waals surface area contributed by atoms with Gasteiger partial charge in [-0.3, -0.25) is 4.79 Å². The number of esters is 1. The van der Waals surface area contributed by atoms with Gasteiger partial charge in [-0.05, 0) is 37.0 Å². The average molecular weight is 425 g/mol. The highest BCUT2D eigenvalue weighted by atomic mass is 32.2. The van der Waals surface area contributed by atoms with E-state index in [2.05, 4.69) is 5.32 Å². The molecule has 1 N–H and O–H groups in total. The van der Waals surface area contributed by atoms with Crippen LogP contribution >= 0.6 is 0 Å². The second-order valence-corrected chi connectivity index (χ2v) is 9.43. The molecule has 0 atom stereocenters. The van der Waals surface area contributed by atoms with Crippen molar-refractivity contribution in [3.8, 4) is 0 Å². The van der Waals surface area contributed by atoms with E-state index in [0.717, 1.165) is 18.4 Å². The summed E-state index contributed by atoms with van der Waals surface area (Å²) in [5, 5.41) is 2.86. The Balaban J connectivity index is 1.57. The lowest BCUT2D eigenvalue weighted by Gasteiger charge is -2.27. The van der Waals surface area contributed by atoms with Gasteiger partial charge in [0.25, 0.3) is 0 Å². The van der Waals surface area contributed by atoms with Gasteiger partial charge < -0.3 is 14.8 Å². The van der Waals surface area contributed by atoms with Crippen LogP contribution in [0.1, 0.15) is 37.7 Å². The van der Waals surface area contributed by atoms with E-state index >= 15 is 0 Å². The fraction of sp³-hybridized carbons (Fsp3) is 0.600. The summed E-state index contributed by atoms with van der Waals surface area (Å²) in [6.45, 7) is 1.51. The molecule has 160 valence electrons. The van der Waals surface area contributed by atoms with Crippen molar-refractivity contribution in [3.05, 3.63) is 29.8 Å². The zero-order valence-corrected chi connectivity index (χ0v) is 17.5. The lowest BCUT2D eigenvalue weighted by Crippen LogP contribution is -2.53. The molecular formula is C20H28N2O6S. The number of benzene rings is 1. The molecule has 1 aromatic rings. The highest BCUT2D eigenvalue weighted by Gasteiger charge is 2.43. The number of hydrogen-bond donors (Lipinski definition) is 1. The molecule has 8 nitrogen and oxygen atoms in total. The molecule has 2 fully saturated rings. The molecule has 1 saturated carbocycles. The van der Waals surface area contributed by atoms with Crippen LogP contribution in [-0.2, 0) is 35.5 Å². The molecule has 29 heavy (non-hydrogen) atoms. The molecule has 0 radical (unpaired) electrons. The third-order valence-electron chi connectivity index (χ3n) is 5.58. The van der Waals surface area contributed by atoms with Crippen LogP contribution in [0.5, 0.6) is 0 Å². The first-order chi connectivity index (χ1) is 13.9. The van der Waals surface area contributed by atoms with E-state index in [1.807, 2.05) is 0 Å². The Bertz CT molecular complexity index is 825. The predicted molar refractivity (Wildman–Crippen MR) is 106 cm³/mol. The highest BCUT2D eigenvalue weighted by molar-refractivity contribution is 7.89. The zero-order valence-electron chi connectivity index (χ0n) is 16.7. The Morgan fingerprint density at radius 2 is 1.76 bits per heavy atom. The summed E-state index contributed by atoms with van der Waals surface area (Å²) in [5.74, 6) is -0.594. The summed E-state index contributed by atoms with van der Waals surface area (Å²) in [7, 11) is -2.19. The van der Waals surface area contributed by atoms with Gasteiger partial charge >= 0.3 is 5.97 Å². The SMILES string of the molecule is COC(=O)C1(NC(=O)CCc2ccc(S(=O)(=O)N3CCOCC3)cc2)CCCC1. The largest absolute Gasteiger partial charge is 0.467 e. The highest BCUT2D eigenvalue weighted by Crippen LogP contribution is 2.31. The number of sulfonamides is 1. The van der Waals surface area contributed by atoms with Gasteiger partial charge in [0.2, 0.25) is 15.9 Å². The molecule has 0 aromatic heterocycles. The van der Waals surface area contributed by atoms with E-state index in [-0.39, 0.29) is 23.2 Å². The van der Waals surface area contributed by atoms with Gasteiger partial charge in [-0.25, -0.2) is 13.2 Å². The van der Waals surface area contributed by atoms with E-state index in [1.54, 1.807) is 24.3 Å². The van der Waals surface area contributed by atoms with E-state index < -0.39 is 15.6 Å². The number of amides is 1. The maximum atomic E-state index is 12.6. The van der Waals surface area contributed by atoms with Crippen molar-refractivity contribution in [2.24, 2.45) is 0 Å². The quantitative estimate of drug-likeness (QED) is 0.661. The second-order valence-electron chi connectivity index (χ2n) is 7.49. The van der Waals surface area contributed by atoms with Gasteiger partial charge in [0.15, 0.2) is 0 Å². The number of hydrogen-bond acceptors (Lipinski definition) is 6. The summed E-state index contributed by atoms with van der Waals surface area (Å²) in [5.41, 5.74) is -0.0401. The maximum Gasteiger partial charge on any atom is 0.331 e. The number of nitrogens with one attached hydrogen (secondary N) is 1. The Morgan fingerprint density at radius 1 is 1.14 bits per heavy atom. The van der Waals surface area contributed by atoms with E-state index in [0.29, 0.717) is 45.6 Å². The summed E-state index contributed by atoms with van der Waals surface area (Å²) < 4.78 is 36.8.